The van der Waals surface area contributed by atoms with Crippen molar-refractivity contribution in [3.05, 3.63) is 384 Å². The number of rotatable bonds is 17. The van der Waals surface area contributed by atoms with Crippen molar-refractivity contribution < 1.29 is 30.3 Å². The zero-order valence-corrected chi connectivity index (χ0v) is 76.0. The van der Waals surface area contributed by atoms with Gasteiger partial charge in [-0.25, -0.2) is 0 Å². The van der Waals surface area contributed by atoms with Gasteiger partial charge in [0.05, 0.1) is 0 Å². The molecule has 0 aliphatic heterocycles. The first kappa shape index (κ1) is 85.0. The molecule has 572 valence electrons. The number of hydrogen-bond acceptors (Lipinski definition) is 1. The Labute approximate surface area is 708 Å². The molecule has 0 heterocycles. The van der Waals surface area contributed by atoms with Gasteiger partial charge in [0.2, 0.25) is 0 Å². The van der Waals surface area contributed by atoms with E-state index in [9.17, 15) is 0 Å². The van der Waals surface area contributed by atoms with Crippen LogP contribution in [0.1, 0.15) is 65.3 Å². The van der Waals surface area contributed by atoms with Crippen molar-refractivity contribution in [3.63, 3.8) is 0 Å². The molecule has 0 saturated carbocycles. The summed E-state index contributed by atoms with van der Waals surface area (Å²) in [5, 5.41) is 26.8. The van der Waals surface area contributed by atoms with E-state index in [0.29, 0.717) is 0 Å². The van der Waals surface area contributed by atoms with Gasteiger partial charge in [0.1, 0.15) is 0 Å². The third-order valence-electron chi connectivity index (χ3n) is 20.8. The van der Waals surface area contributed by atoms with Gasteiger partial charge in [-0.05, 0) is 236 Å². The van der Waals surface area contributed by atoms with Gasteiger partial charge in [0, 0.05) is 0 Å². The predicted molar refractivity (Wildman–Crippen MR) is 503 cm³/mol. The van der Waals surface area contributed by atoms with Gasteiger partial charge in [-0.2, -0.15) is 0 Å². The molecule has 113 heavy (non-hydrogen) atoms. The number of benzene rings is 16. The molecule has 0 radical (unpaired) electrons. The quantitative estimate of drug-likeness (QED) is 0.0649. The Bertz CT molecular complexity index is 4890. The third kappa shape index (κ3) is 20.7. The summed E-state index contributed by atoms with van der Waals surface area (Å²) in [5.74, 6) is 0. The molecule has 0 aliphatic rings. The van der Waals surface area contributed by atoms with Gasteiger partial charge >= 0.3 is 69.1 Å². The summed E-state index contributed by atoms with van der Waals surface area (Å²) >= 11 is -0.691. The van der Waals surface area contributed by atoms with Crippen LogP contribution in [0.4, 0.5) is 0 Å². The summed E-state index contributed by atoms with van der Waals surface area (Å²) < 4.78 is 0. The Balaban J connectivity index is 0.000000181. The first-order valence-electron chi connectivity index (χ1n) is 38.3. The number of nitrogens with zero attached hydrogens (tertiary/aromatic N) is 1. The van der Waals surface area contributed by atoms with Gasteiger partial charge in [-0.3, -0.25) is 0 Å². The molecule has 16 aromatic rings. The molecule has 1 nitrogen and oxygen atoms in total. The molecule has 0 N–H and O–H groups in total. The van der Waals surface area contributed by atoms with Gasteiger partial charge in [-0.15, -0.1) is 0 Å². The van der Waals surface area contributed by atoms with E-state index in [1.165, 1.54) is 193 Å². The van der Waals surface area contributed by atoms with Crippen LogP contribution in [0.3, 0.4) is 0 Å². The van der Waals surface area contributed by atoms with E-state index in [4.69, 9.17) is 38.8 Å². The van der Waals surface area contributed by atoms with Crippen LogP contribution in [0.25, 0.3) is 65.3 Å². The van der Waals surface area contributed by atoms with Crippen LogP contribution in [0.15, 0.2) is 340 Å². The van der Waals surface area contributed by atoms with Crippen LogP contribution in [-0.2, 0) is 30.3 Å². The number of halogens is 4. The second-order valence-electron chi connectivity index (χ2n) is 28.5. The van der Waals surface area contributed by atoms with Gasteiger partial charge < -0.3 is 4.90 Å². The fourth-order valence-corrected chi connectivity index (χ4v) is 24.5. The second-order valence-corrected chi connectivity index (χ2v) is 42.5. The Morgan fingerprint density at radius 3 is 0.478 bits per heavy atom. The number of hydrogen-bond donors (Lipinski definition) is 0. The molecule has 0 unspecified atom stereocenters. The van der Waals surface area contributed by atoms with Crippen molar-refractivity contribution in [1.29, 1.82) is 0 Å². The van der Waals surface area contributed by atoms with E-state index >= 15 is 0 Å². The van der Waals surface area contributed by atoms with Gasteiger partial charge in [-0.1, -0.05) is 405 Å². The molecule has 0 amide bonds. The molecule has 0 saturated heterocycles. The molecule has 16 rings (SSSR count). The summed E-state index contributed by atoms with van der Waals surface area (Å²) in [6.45, 7) is 27.6. The molecule has 0 atom stereocenters. The molecule has 0 spiro atoms. The normalized spacial score (nSPS) is 11.3. The van der Waals surface area contributed by atoms with Crippen molar-refractivity contribution in [2.75, 3.05) is 19.6 Å². The third-order valence-corrected chi connectivity index (χ3v) is 30.7. The van der Waals surface area contributed by atoms with Crippen LogP contribution in [-0.4, -0.2) is 24.5 Å². The van der Waals surface area contributed by atoms with E-state index < -0.39 is 31.7 Å². The molecule has 0 aliphatic carbocycles. The standard InChI is InChI=1S/2C48H40P2.C6H15N.4ClH.2Ru/c2*1-33-13-23-39(24-14-33)49(40-25-15-34(2)16-26-40)45-31-21-37-9-5-7-11-43(37)47(45)48-44-12-8-6-10-38(44)22-32-46(48)50(41-27-17-35(3)18-28-41)42-29-19-36(4)20-30-42;1-4-7(5-2)6-3;;;;;;/h2*5-32H,1-4H3;4-6H2,1-3H3;4*1H;;/q;;;;;;;2*+2/p-4. The zero-order chi connectivity index (χ0) is 79.5. The van der Waals surface area contributed by atoms with E-state index in [-0.39, 0.29) is 30.3 Å². The van der Waals surface area contributed by atoms with Crippen molar-refractivity contribution in [2.24, 2.45) is 0 Å². The van der Waals surface area contributed by atoms with Crippen molar-refractivity contribution in [2.45, 2.75) is 76.2 Å². The Kier molecular flexibility index (Phi) is 31.2. The van der Waals surface area contributed by atoms with Gasteiger partial charge in [0.15, 0.2) is 0 Å². The first-order chi connectivity index (χ1) is 55.1. The Morgan fingerprint density at radius 2 is 0.345 bits per heavy atom. The molecule has 0 aromatic heterocycles. The zero-order valence-electron chi connectivity index (χ0n) is 65.9. The van der Waals surface area contributed by atoms with Crippen molar-refractivity contribution >= 4 is 177 Å². The maximum absolute atomic E-state index is 4.85. The molecule has 16 aromatic carbocycles. The minimum absolute atomic E-state index is 0.346. The molecule has 0 fully saturated rings. The van der Waals surface area contributed by atoms with Crippen LogP contribution < -0.4 is 63.7 Å². The molecular weight excluding hydrogens is 1710 g/mol. The SMILES string of the molecule is CCN(CC)CC.Cc1ccc(P(c2ccc(C)cc2)c2ccc3ccccc3c2-c2c(P(c3ccc(C)cc3)c3ccc(C)cc3)ccc3ccccc23)cc1.Cc1ccc(P(c2ccc(C)cc2)c2ccc3ccccc3c2-c2c(P(c3ccc(C)cc3)c3ccc(C)cc3)ccc3ccccc23)cc1.[Cl][Ru][Cl].[Cl][Ru][Cl]. The van der Waals surface area contributed by atoms with Crippen LogP contribution in [0.5, 0.6) is 0 Å². The van der Waals surface area contributed by atoms with E-state index in [2.05, 4.69) is 421 Å². The van der Waals surface area contributed by atoms with E-state index in [1.54, 1.807) is 0 Å². The maximum atomic E-state index is 4.85. The minimum atomic E-state index is -0.885. The Morgan fingerprint density at radius 1 is 0.204 bits per heavy atom. The van der Waals surface area contributed by atoms with E-state index in [0.717, 1.165) is 0 Å². The molecular formula is C102H95Cl4NP4Ru2. The number of fused-ring (bicyclic) bond motifs is 4. The van der Waals surface area contributed by atoms with Crippen LogP contribution in [0, 0.1) is 55.4 Å². The fraction of sp³-hybridized carbons (Fsp3) is 0.137. The second kappa shape index (κ2) is 41.5. The van der Waals surface area contributed by atoms with E-state index in [1.807, 2.05) is 0 Å². The summed E-state index contributed by atoms with van der Waals surface area (Å²) in [6, 6.07) is 129. The molecule has 11 heteroatoms. The first-order valence-corrected chi connectivity index (χ1v) is 52.6. The topological polar surface area (TPSA) is 3.24 Å². The number of aryl methyl sites for hydroxylation is 8. The van der Waals surface area contributed by atoms with Gasteiger partial charge in [0.25, 0.3) is 0 Å². The Hall–Kier alpha value is -7.35. The summed E-state index contributed by atoms with van der Waals surface area (Å²) in [4.78, 5) is 2.38. The molecule has 0 bridgehead atoms. The average molecular weight is 1800 g/mol. The van der Waals surface area contributed by atoms with Crippen LogP contribution in [0.2, 0.25) is 0 Å². The summed E-state index contributed by atoms with van der Waals surface area (Å²) in [6.07, 6.45) is 0. The fourth-order valence-electron chi connectivity index (χ4n) is 14.8. The van der Waals surface area contributed by atoms with Crippen molar-refractivity contribution in [3.8, 4) is 22.3 Å². The van der Waals surface area contributed by atoms with Crippen LogP contribution >= 0.6 is 70.5 Å². The predicted octanol–water partition coefficient (Wildman–Crippen LogP) is 24.9. The summed E-state index contributed by atoms with van der Waals surface area (Å²) in [5.41, 5.74) is 15.7. The average Bonchev–Trinajstić information content (AvgIpc) is 0.736. The summed E-state index contributed by atoms with van der Waals surface area (Å²) in [7, 11) is 15.9. The monoisotopic (exact) mass is 1800 g/mol. The van der Waals surface area contributed by atoms with Crippen molar-refractivity contribution in [1.82, 2.24) is 4.90 Å².